The van der Waals surface area contributed by atoms with Gasteiger partial charge in [0.25, 0.3) is 0 Å². The van der Waals surface area contributed by atoms with Gasteiger partial charge in [0.05, 0.1) is 0 Å². The van der Waals surface area contributed by atoms with Gasteiger partial charge in [0.1, 0.15) is 28.7 Å². The van der Waals surface area contributed by atoms with E-state index in [2.05, 4.69) is 85.0 Å². The number of allylic oxidation sites excluding steroid dienone is 2. The molecule has 0 spiro atoms. The summed E-state index contributed by atoms with van der Waals surface area (Å²) in [5, 5.41) is 4.31. The molecule has 0 saturated heterocycles. The summed E-state index contributed by atoms with van der Waals surface area (Å²) >= 11 is 0. The van der Waals surface area contributed by atoms with E-state index in [1.807, 2.05) is 42.5 Å². The zero-order valence-electron chi connectivity index (χ0n) is 25.5. The normalized spacial score (nSPS) is 16.8. The fraction of sp³-hybridized carbons (Fsp3) is 0.0476. The van der Waals surface area contributed by atoms with E-state index in [1.165, 1.54) is 27.6 Å². The Morgan fingerprint density at radius 1 is 0.500 bits per heavy atom. The lowest BCUT2D eigenvalue weighted by molar-refractivity contribution is 0.269. The summed E-state index contributed by atoms with van der Waals surface area (Å²) in [5.41, 5.74) is 10.1. The Kier molecular flexibility index (Phi) is 5.13. The van der Waals surface area contributed by atoms with Gasteiger partial charge in [-0.2, -0.15) is 0 Å². The maximum atomic E-state index is 6.36. The number of pyridine rings is 1. The van der Waals surface area contributed by atoms with Crippen LogP contribution in [-0.2, 0) is 0 Å². The third kappa shape index (κ3) is 3.51. The topological polar surface area (TPSA) is 73.9 Å². The molecule has 11 rings (SSSR count). The van der Waals surface area contributed by atoms with Crippen molar-refractivity contribution in [3.63, 3.8) is 0 Å². The Balaban J connectivity index is 1.20. The number of benzene rings is 5. The zero-order chi connectivity index (χ0) is 31.3. The average Bonchev–Trinajstić information content (AvgIpc) is 3.82. The van der Waals surface area contributed by atoms with Crippen LogP contribution in [0.5, 0.6) is 5.75 Å². The summed E-state index contributed by atoms with van der Waals surface area (Å²) in [6.07, 6.45) is 10.1. The molecule has 0 saturated carbocycles. The van der Waals surface area contributed by atoms with Gasteiger partial charge in [-0.05, 0) is 63.4 Å². The van der Waals surface area contributed by atoms with E-state index < -0.39 is 0 Å². The fourth-order valence-electron chi connectivity index (χ4n) is 7.85. The second kappa shape index (κ2) is 9.56. The Hall–Kier alpha value is -6.40. The average molecular weight is 617 g/mol. The monoisotopic (exact) mass is 616 g/mol. The fourth-order valence-corrected chi connectivity index (χ4v) is 7.85. The number of rotatable bonds is 3. The lowest BCUT2D eigenvalue weighted by Gasteiger charge is -2.16. The van der Waals surface area contributed by atoms with Gasteiger partial charge in [-0.15, -0.1) is 0 Å². The molecule has 3 aliphatic rings. The molecule has 4 heterocycles. The molecule has 5 aromatic carbocycles. The zero-order valence-corrected chi connectivity index (χ0v) is 25.5. The molecule has 0 N–H and O–H groups in total. The van der Waals surface area contributed by atoms with Gasteiger partial charge >= 0.3 is 0 Å². The molecule has 3 aromatic heterocycles. The van der Waals surface area contributed by atoms with Crippen LogP contribution >= 0.6 is 0 Å². The van der Waals surface area contributed by atoms with Gasteiger partial charge in [-0.1, -0.05) is 97.1 Å². The van der Waals surface area contributed by atoms with Crippen LogP contribution in [0.15, 0.2) is 138 Å². The molecule has 0 radical (unpaired) electrons. The lowest BCUT2D eigenvalue weighted by atomic mass is 9.90. The summed E-state index contributed by atoms with van der Waals surface area (Å²) in [5.74, 6) is 2.49. The number of ether oxygens (including phenoxy) is 1. The summed E-state index contributed by atoms with van der Waals surface area (Å²) < 4.78 is 12.6. The van der Waals surface area contributed by atoms with Crippen LogP contribution in [-0.4, -0.2) is 26.0 Å². The second-order valence-corrected chi connectivity index (χ2v) is 12.5. The molecular weight excluding hydrogens is 592 g/mol. The highest BCUT2D eigenvalue weighted by Gasteiger charge is 2.36. The summed E-state index contributed by atoms with van der Waals surface area (Å²) in [7, 11) is 0. The van der Waals surface area contributed by atoms with Gasteiger partial charge < -0.3 is 9.15 Å². The quantitative estimate of drug-likeness (QED) is 0.197. The number of hydrogen-bond acceptors (Lipinski definition) is 6. The minimum Gasteiger partial charge on any atom is -0.485 e. The van der Waals surface area contributed by atoms with Gasteiger partial charge in [0, 0.05) is 39.6 Å². The van der Waals surface area contributed by atoms with E-state index in [0.29, 0.717) is 23.2 Å². The van der Waals surface area contributed by atoms with Crippen LogP contribution in [0.1, 0.15) is 11.5 Å². The number of para-hydroxylation sites is 1. The van der Waals surface area contributed by atoms with Crippen LogP contribution in [0.25, 0.3) is 89.3 Å². The lowest BCUT2D eigenvalue weighted by Crippen LogP contribution is -2.16. The third-order valence-electron chi connectivity index (χ3n) is 9.91. The molecule has 6 nitrogen and oxygen atoms in total. The van der Waals surface area contributed by atoms with Crippen LogP contribution in [0.4, 0.5) is 0 Å². The van der Waals surface area contributed by atoms with E-state index in [9.17, 15) is 0 Å². The van der Waals surface area contributed by atoms with Crippen LogP contribution in [0.3, 0.4) is 0 Å². The minimum atomic E-state index is -0.0853. The Morgan fingerprint density at radius 2 is 1.17 bits per heavy atom. The van der Waals surface area contributed by atoms with Gasteiger partial charge in [-0.25, -0.2) is 15.0 Å². The van der Waals surface area contributed by atoms with Crippen LogP contribution in [0.2, 0.25) is 0 Å². The number of aromatic nitrogens is 4. The second-order valence-electron chi connectivity index (χ2n) is 12.5. The van der Waals surface area contributed by atoms with Gasteiger partial charge in [0.2, 0.25) is 0 Å². The number of fused-ring (bicyclic) bond motifs is 9. The van der Waals surface area contributed by atoms with Crippen molar-refractivity contribution in [2.45, 2.75) is 12.0 Å². The van der Waals surface area contributed by atoms with E-state index in [4.69, 9.17) is 29.1 Å². The number of nitrogens with zero attached hydrogens (tertiary/aromatic N) is 4. The Labute approximate surface area is 274 Å². The first kappa shape index (κ1) is 25.8. The first-order valence-corrected chi connectivity index (χ1v) is 16.1. The SMILES string of the molecule is C1=CC2Oc3ccnc(-c4nc(-c5ccc6c7c(cccc57)-c5ccccc5-6)nc(-c5cccc6oc7ccccc7c56)n4)c3C2C=C1. The smallest absolute Gasteiger partial charge is 0.182 e. The molecule has 0 bridgehead atoms. The van der Waals surface area contributed by atoms with Crippen LogP contribution < -0.4 is 4.74 Å². The van der Waals surface area contributed by atoms with Crippen molar-refractivity contribution in [2.75, 3.05) is 0 Å². The predicted octanol–water partition coefficient (Wildman–Crippen LogP) is 9.94. The van der Waals surface area contributed by atoms with Crippen molar-refractivity contribution in [1.29, 1.82) is 0 Å². The third-order valence-corrected chi connectivity index (χ3v) is 9.91. The highest BCUT2D eigenvalue weighted by atomic mass is 16.5. The van der Waals surface area contributed by atoms with Crippen molar-refractivity contribution in [2.24, 2.45) is 0 Å². The van der Waals surface area contributed by atoms with Gasteiger partial charge in [0.15, 0.2) is 17.5 Å². The predicted molar refractivity (Wildman–Crippen MR) is 189 cm³/mol. The molecule has 2 aliphatic carbocycles. The molecular formula is C42H24N4O2. The molecule has 6 heteroatoms. The molecule has 8 aromatic rings. The van der Waals surface area contributed by atoms with Crippen LogP contribution in [0, 0.1) is 0 Å². The van der Waals surface area contributed by atoms with Crippen molar-refractivity contribution in [1.82, 2.24) is 19.9 Å². The van der Waals surface area contributed by atoms with E-state index in [-0.39, 0.29) is 12.0 Å². The van der Waals surface area contributed by atoms with Crippen molar-refractivity contribution in [3.8, 4) is 62.3 Å². The minimum absolute atomic E-state index is 0.0221. The molecule has 0 amide bonds. The van der Waals surface area contributed by atoms with E-state index in [1.54, 1.807) is 6.20 Å². The van der Waals surface area contributed by atoms with Crippen molar-refractivity contribution >= 4 is 32.7 Å². The van der Waals surface area contributed by atoms with Crippen molar-refractivity contribution in [3.05, 3.63) is 139 Å². The molecule has 2 atom stereocenters. The van der Waals surface area contributed by atoms with E-state index >= 15 is 0 Å². The largest absolute Gasteiger partial charge is 0.485 e. The molecule has 0 fully saturated rings. The summed E-state index contributed by atoms with van der Waals surface area (Å²) in [4.78, 5) is 20.5. The summed E-state index contributed by atoms with van der Waals surface area (Å²) in [6.45, 7) is 0. The molecule has 1 aliphatic heterocycles. The first-order valence-electron chi connectivity index (χ1n) is 16.1. The standard InChI is InChI=1S/C42H24N4O2/c1-2-10-24-23(9-1)25-13-7-14-26-28(20-19-27(24)36(25)26)40-44-41(31-15-8-18-34-37(31)29-11-3-5-16-32(29)47-34)46-42(45-40)39-38-30-12-4-6-17-33(30)48-35(38)21-22-43-39/h1-22,30,33H. The number of furan rings is 1. The summed E-state index contributed by atoms with van der Waals surface area (Å²) in [6, 6.07) is 35.5. The maximum Gasteiger partial charge on any atom is 0.182 e. The molecule has 2 unspecified atom stereocenters. The number of hydrogen-bond donors (Lipinski definition) is 0. The highest BCUT2D eigenvalue weighted by molar-refractivity contribution is 6.18. The highest BCUT2D eigenvalue weighted by Crippen LogP contribution is 2.50. The Morgan fingerprint density at radius 3 is 2.08 bits per heavy atom. The van der Waals surface area contributed by atoms with Crippen molar-refractivity contribution < 1.29 is 9.15 Å². The maximum absolute atomic E-state index is 6.36. The first-order chi connectivity index (χ1) is 23.8. The molecule has 224 valence electrons. The molecule has 48 heavy (non-hydrogen) atoms. The Bertz CT molecular complexity index is 2710. The van der Waals surface area contributed by atoms with E-state index in [0.717, 1.165) is 49.8 Å². The van der Waals surface area contributed by atoms with Gasteiger partial charge in [-0.3, -0.25) is 4.98 Å².